The summed E-state index contributed by atoms with van der Waals surface area (Å²) in [5.41, 5.74) is 1.37. The zero-order chi connectivity index (χ0) is 27.6. The van der Waals surface area contributed by atoms with Crippen molar-refractivity contribution >= 4 is 15.8 Å². The number of likely N-dealkylation sites (N-methyl/N-ethyl adjacent to an activating group) is 1. The van der Waals surface area contributed by atoms with Crippen LogP contribution in [-0.2, 0) is 10.0 Å². The maximum Gasteiger partial charge on any atom is 0.318 e. The van der Waals surface area contributed by atoms with Crippen molar-refractivity contribution in [3.8, 4) is 11.8 Å². The van der Waals surface area contributed by atoms with Gasteiger partial charge in [-0.15, -0.1) is 0 Å². The molecule has 39 heavy (non-hydrogen) atoms. The fourth-order valence-corrected chi connectivity index (χ4v) is 8.33. The highest BCUT2D eigenvalue weighted by atomic mass is 32.2. The van der Waals surface area contributed by atoms with E-state index in [9.17, 15) is 8.42 Å². The third kappa shape index (κ3) is 6.16. The lowest BCUT2D eigenvalue weighted by atomic mass is 10.0. The summed E-state index contributed by atoms with van der Waals surface area (Å²) in [6, 6.07) is 6.16. The average molecular weight is 559 g/mol. The molecule has 0 amide bonds. The van der Waals surface area contributed by atoms with Crippen LogP contribution in [0.5, 0.6) is 11.8 Å². The molecule has 2 aromatic rings. The zero-order valence-electron chi connectivity index (χ0n) is 23.7. The van der Waals surface area contributed by atoms with Crippen LogP contribution < -0.4 is 14.4 Å². The molecular formula is C28H42N6O4S. The van der Waals surface area contributed by atoms with Crippen molar-refractivity contribution in [3.05, 3.63) is 35.5 Å². The van der Waals surface area contributed by atoms with E-state index in [1.54, 1.807) is 29.7 Å². The predicted molar refractivity (Wildman–Crippen MR) is 151 cm³/mol. The first-order valence-corrected chi connectivity index (χ1v) is 15.5. The van der Waals surface area contributed by atoms with Crippen molar-refractivity contribution in [2.75, 3.05) is 71.5 Å². The van der Waals surface area contributed by atoms with Gasteiger partial charge in [-0.2, -0.15) is 9.29 Å². The van der Waals surface area contributed by atoms with E-state index in [-0.39, 0.29) is 12.6 Å². The number of rotatable bonds is 8. The van der Waals surface area contributed by atoms with E-state index in [0.29, 0.717) is 40.4 Å². The zero-order valence-corrected chi connectivity index (χ0v) is 24.5. The topological polar surface area (TPSA) is 91.3 Å². The van der Waals surface area contributed by atoms with Crippen LogP contribution in [0.15, 0.2) is 29.3 Å². The Morgan fingerprint density at radius 3 is 2.33 bits per heavy atom. The summed E-state index contributed by atoms with van der Waals surface area (Å²) < 4.78 is 40.3. The Bertz CT molecular complexity index is 1220. The molecule has 1 aromatic carbocycles. The number of sulfonamides is 1. The minimum absolute atomic E-state index is 0.225. The van der Waals surface area contributed by atoms with Gasteiger partial charge in [-0.1, -0.05) is 0 Å². The predicted octanol–water partition coefficient (Wildman–Crippen LogP) is 2.55. The van der Waals surface area contributed by atoms with Gasteiger partial charge in [0, 0.05) is 58.1 Å². The van der Waals surface area contributed by atoms with Gasteiger partial charge in [0.05, 0.1) is 18.0 Å². The lowest BCUT2D eigenvalue weighted by molar-refractivity contribution is 0.0981. The Morgan fingerprint density at radius 2 is 1.67 bits per heavy atom. The van der Waals surface area contributed by atoms with Crippen LogP contribution in [0, 0.1) is 13.8 Å². The molecule has 1 atom stereocenters. The summed E-state index contributed by atoms with van der Waals surface area (Å²) >= 11 is 0. The van der Waals surface area contributed by atoms with Crippen LogP contribution in [-0.4, -0.2) is 111 Å². The number of ether oxygens (including phenoxy) is 2. The van der Waals surface area contributed by atoms with E-state index in [0.717, 1.165) is 70.8 Å². The van der Waals surface area contributed by atoms with Gasteiger partial charge in [0.15, 0.2) is 0 Å². The van der Waals surface area contributed by atoms with Crippen molar-refractivity contribution in [2.24, 2.45) is 0 Å². The molecule has 0 unspecified atom stereocenters. The summed E-state index contributed by atoms with van der Waals surface area (Å²) in [6.45, 7) is 10.8. The monoisotopic (exact) mass is 558 g/mol. The van der Waals surface area contributed by atoms with Crippen molar-refractivity contribution in [3.63, 3.8) is 0 Å². The standard InChI is InChI=1S/C28H42N6O4S/c1-21-18-25(37-4)19-22(2)27(21)39(35,36)34-11-5-6-24(34)20-38-28-29-10-7-26(30-28)33-12-8-23(9-13-33)32-16-14-31(3)15-17-32/h7,10,18-19,23-24H,5-6,8-9,11-17,20H2,1-4H3/t24-/m0/s1. The number of aryl methyl sites for hydroxylation is 2. The second-order valence-electron chi connectivity index (χ2n) is 11.1. The van der Waals surface area contributed by atoms with E-state index in [4.69, 9.17) is 9.47 Å². The number of piperidine rings is 1. The minimum Gasteiger partial charge on any atom is -0.497 e. The fraction of sp³-hybridized carbons (Fsp3) is 0.643. The third-order valence-corrected chi connectivity index (χ3v) is 10.7. The van der Waals surface area contributed by atoms with Crippen molar-refractivity contribution in [1.82, 2.24) is 24.1 Å². The number of hydrogen-bond donors (Lipinski definition) is 0. The van der Waals surface area contributed by atoms with Gasteiger partial charge in [-0.3, -0.25) is 4.90 Å². The molecule has 11 heteroatoms. The second-order valence-corrected chi connectivity index (χ2v) is 12.9. The Kier molecular flexibility index (Phi) is 8.60. The van der Waals surface area contributed by atoms with Gasteiger partial charge in [0.2, 0.25) is 10.0 Å². The van der Waals surface area contributed by atoms with Gasteiger partial charge < -0.3 is 19.3 Å². The van der Waals surface area contributed by atoms with Crippen molar-refractivity contribution < 1.29 is 17.9 Å². The van der Waals surface area contributed by atoms with E-state index in [1.807, 2.05) is 19.9 Å². The van der Waals surface area contributed by atoms with Crippen LogP contribution in [0.1, 0.15) is 36.8 Å². The first-order chi connectivity index (χ1) is 18.8. The van der Waals surface area contributed by atoms with Crippen LogP contribution >= 0.6 is 0 Å². The third-order valence-electron chi connectivity index (χ3n) is 8.43. The molecule has 0 bridgehead atoms. The van der Waals surface area contributed by atoms with Crippen LogP contribution in [0.4, 0.5) is 5.82 Å². The maximum absolute atomic E-state index is 13.7. The summed E-state index contributed by atoms with van der Waals surface area (Å²) in [7, 11) is 0.103. The van der Waals surface area contributed by atoms with E-state index in [2.05, 4.69) is 31.7 Å². The Balaban J connectivity index is 1.20. The number of piperazine rings is 1. The molecule has 4 heterocycles. The lowest BCUT2D eigenvalue weighted by Gasteiger charge is -2.42. The smallest absolute Gasteiger partial charge is 0.318 e. The van der Waals surface area contributed by atoms with Crippen LogP contribution in [0.25, 0.3) is 0 Å². The Labute approximate surface area is 233 Å². The minimum atomic E-state index is -3.68. The number of nitrogens with zero attached hydrogens (tertiary/aromatic N) is 6. The Morgan fingerprint density at radius 1 is 0.974 bits per heavy atom. The maximum atomic E-state index is 13.7. The summed E-state index contributed by atoms with van der Waals surface area (Å²) in [5, 5.41) is 0. The fourth-order valence-electron chi connectivity index (χ4n) is 6.24. The number of aromatic nitrogens is 2. The number of methoxy groups -OCH3 is 1. The summed E-state index contributed by atoms with van der Waals surface area (Å²) in [5.74, 6) is 1.53. The molecule has 0 N–H and O–H groups in total. The molecule has 3 fully saturated rings. The van der Waals surface area contributed by atoms with Crippen molar-refractivity contribution in [2.45, 2.75) is 56.5 Å². The summed E-state index contributed by atoms with van der Waals surface area (Å²) in [6.07, 6.45) is 5.53. The van der Waals surface area contributed by atoms with Crippen LogP contribution in [0.3, 0.4) is 0 Å². The van der Waals surface area contributed by atoms with Crippen LogP contribution in [0.2, 0.25) is 0 Å². The van der Waals surface area contributed by atoms with Gasteiger partial charge in [-0.05, 0) is 75.9 Å². The molecule has 3 aliphatic heterocycles. The van der Waals surface area contributed by atoms with E-state index >= 15 is 0 Å². The first-order valence-electron chi connectivity index (χ1n) is 14.1. The molecule has 0 spiro atoms. The highest BCUT2D eigenvalue weighted by molar-refractivity contribution is 7.89. The second kappa shape index (κ2) is 12.0. The molecule has 10 nitrogen and oxygen atoms in total. The van der Waals surface area contributed by atoms with Gasteiger partial charge >= 0.3 is 6.01 Å². The molecule has 0 saturated carbocycles. The molecular weight excluding hydrogens is 516 g/mol. The number of hydrogen-bond acceptors (Lipinski definition) is 9. The molecule has 214 valence electrons. The molecule has 0 radical (unpaired) electrons. The molecule has 5 rings (SSSR count). The van der Waals surface area contributed by atoms with Gasteiger partial charge in [-0.25, -0.2) is 13.4 Å². The average Bonchev–Trinajstić information content (AvgIpc) is 3.42. The number of benzene rings is 1. The highest BCUT2D eigenvalue weighted by Gasteiger charge is 2.37. The Hall–Kier alpha value is -2.47. The first kappa shape index (κ1) is 28.1. The quantitative estimate of drug-likeness (QED) is 0.485. The lowest BCUT2D eigenvalue weighted by Crippen LogP contribution is -2.52. The highest BCUT2D eigenvalue weighted by Crippen LogP contribution is 2.32. The largest absolute Gasteiger partial charge is 0.497 e. The normalized spacial score (nSPS) is 22.4. The van der Waals surface area contributed by atoms with Crippen molar-refractivity contribution in [1.29, 1.82) is 0 Å². The van der Waals surface area contributed by atoms with E-state index in [1.165, 1.54) is 0 Å². The van der Waals surface area contributed by atoms with E-state index < -0.39 is 10.0 Å². The molecule has 1 aromatic heterocycles. The van der Waals surface area contributed by atoms with Gasteiger partial charge in [0.25, 0.3) is 0 Å². The molecule has 0 aliphatic carbocycles. The number of anilines is 1. The molecule has 3 aliphatic rings. The van der Waals surface area contributed by atoms with Gasteiger partial charge in [0.1, 0.15) is 18.2 Å². The molecule has 3 saturated heterocycles. The summed E-state index contributed by atoms with van der Waals surface area (Å²) in [4.78, 5) is 16.7. The SMILES string of the molecule is COc1cc(C)c(S(=O)(=O)N2CCC[C@H]2COc2nccc(N3CCC(N4CCN(C)CC4)CC3)n2)c(C)c1.